The molecule has 0 saturated carbocycles. The van der Waals surface area contributed by atoms with Crippen LogP contribution in [0.3, 0.4) is 0 Å². The fourth-order valence-electron chi connectivity index (χ4n) is 1.69. The van der Waals surface area contributed by atoms with Crippen molar-refractivity contribution < 1.29 is 9.53 Å². The zero-order chi connectivity index (χ0) is 12.4. The lowest BCUT2D eigenvalue weighted by atomic mass is 10.1. The number of nitrogens with zero attached hydrogens (tertiary/aromatic N) is 1. The Bertz CT molecular complexity index is 631. The van der Waals surface area contributed by atoms with E-state index in [9.17, 15) is 9.59 Å². The summed E-state index contributed by atoms with van der Waals surface area (Å²) in [5.74, 6) is 0.0118. The second-order valence-electron chi connectivity index (χ2n) is 3.57. The largest absolute Gasteiger partial charge is 0.462 e. The molecule has 0 radical (unpaired) electrons. The fraction of sp³-hybridized carbons (Fsp3) is 0.250. The van der Waals surface area contributed by atoms with Crippen molar-refractivity contribution in [2.45, 2.75) is 13.8 Å². The average molecular weight is 232 g/mol. The Hall–Kier alpha value is -2.17. The van der Waals surface area contributed by atoms with Crippen LogP contribution in [-0.4, -0.2) is 22.5 Å². The van der Waals surface area contributed by atoms with Crippen molar-refractivity contribution in [2.75, 3.05) is 6.61 Å². The number of aromatic amines is 1. The SMILES string of the molecule is CCOC(=O)c1cccc2nc(C)[nH]c(=O)c12. The molecule has 1 N–H and O–H groups in total. The topological polar surface area (TPSA) is 72.0 Å². The molecule has 0 bridgehead atoms. The number of esters is 1. The van der Waals surface area contributed by atoms with Crippen molar-refractivity contribution in [2.24, 2.45) is 0 Å². The van der Waals surface area contributed by atoms with Gasteiger partial charge in [-0.15, -0.1) is 0 Å². The number of ether oxygens (including phenoxy) is 1. The molecule has 0 spiro atoms. The van der Waals surface area contributed by atoms with Crippen molar-refractivity contribution in [1.82, 2.24) is 9.97 Å². The van der Waals surface area contributed by atoms with Crippen molar-refractivity contribution in [3.8, 4) is 0 Å². The highest BCUT2D eigenvalue weighted by Crippen LogP contribution is 2.13. The van der Waals surface area contributed by atoms with E-state index < -0.39 is 5.97 Å². The first-order chi connectivity index (χ1) is 8.13. The second-order valence-corrected chi connectivity index (χ2v) is 3.57. The van der Waals surface area contributed by atoms with Gasteiger partial charge in [0.25, 0.3) is 5.56 Å². The molecule has 1 aromatic heterocycles. The van der Waals surface area contributed by atoms with Crippen LogP contribution in [0.5, 0.6) is 0 Å². The average Bonchev–Trinajstić information content (AvgIpc) is 2.28. The lowest BCUT2D eigenvalue weighted by Crippen LogP contribution is -2.15. The van der Waals surface area contributed by atoms with Crippen LogP contribution in [0.25, 0.3) is 10.9 Å². The number of benzene rings is 1. The Kier molecular flexibility index (Phi) is 2.91. The number of carbonyl (C=O) groups excluding carboxylic acids is 1. The summed E-state index contributed by atoms with van der Waals surface area (Å²) in [5, 5.41) is 0.275. The first-order valence-corrected chi connectivity index (χ1v) is 5.30. The van der Waals surface area contributed by atoms with Gasteiger partial charge < -0.3 is 9.72 Å². The molecule has 0 saturated heterocycles. The maximum atomic E-state index is 11.8. The molecule has 5 nitrogen and oxygen atoms in total. The van der Waals surface area contributed by atoms with Gasteiger partial charge in [-0.3, -0.25) is 4.79 Å². The molecule has 0 aliphatic rings. The molecule has 0 aliphatic heterocycles. The zero-order valence-electron chi connectivity index (χ0n) is 9.61. The molecule has 0 unspecified atom stereocenters. The summed E-state index contributed by atoms with van der Waals surface area (Å²) in [5.41, 5.74) is 0.422. The van der Waals surface area contributed by atoms with Crippen LogP contribution in [0.15, 0.2) is 23.0 Å². The van der Waals surface area contributed by atoms with Crippen molar-refractivity contribution in [1.29, 1.82) is 0 Å². The third-order valence-corrected chi connectivity index (χ3v) is 2.35. The Morgan fingerprint density at radius 1 is 1.47 bits per heavy atom. The van der Waals surface area contributed by atoms with Gasteiger partial charge in [0.2, 0.25) is 0 Å². The molecule has 2 aromatic rings. The van der Waals surface area contributed by atoms with Gasteiger partial charge in [-0.05, 0) is 26.0 Å². The van der Waals surface area contributed by atoms with Gasteiger partial charge in [0, 0.05) is 0 Å². The summed E-state index contributed by atoms with van der Waals surface area (Å²) in [6, 6.07) is 4.94. The minimum Gasteiger partial charge on any atom is -0.462 e. The number of rotatable bonds is 2. The predicted octanol–water partition coefficient (Wildman–Crippen LogP) is 1.41. The van der Waals surface area contributed by atoms with Gasteiger partial charge in [0.15, 0.2) is 0 Å². The van der Waals surface area contributed by atoms with Crippen LogP contribution in [0.2, 0.25) is 0 Å². The van der Waals surface area contributed by atoms with Crippen molar-refractivity contribution in [3.05, 3.63) is 39.9 Å². The van der Waals surface area contributed by atoms with E-state index in [2.05, 4.69) is 9.97 Å². The van der Waals surface area contributed by atoms with E-state index in [0.29, 0.717) is 11.3 Å². The highest BCUT2D eigenvalue weighted by molar-refractivity contribution is 6.03. The monoisotopic (exact) mass is 232 g/mol. The smallest absolute Gasteiger partial charge is 0.339 e. The third-order valence-electron chi connectivity index (χ3n) is 2.35. The summed E-state index contributed by atoms with van der Waals surface area (Å²) in [7, 11) is 0. The van der Waals surface area contributed by atoms with E-state index in [0.717, 1.165) is 0 Å². The van der Waals surface area contributed by atoms with Crippen LogP contribution in [0.1, 0.15) is 23.1 Å². The summed E-state index contributed by atoms with van der Waals surface area (Å²) in [4.78, 5) is 30.3. The summed E-state index contributed by atoms with van der Waals surface area (Å²) >= 11 is 0. The van der Waals surface area contributed by atoms with E-state index in [4.69, 9.17) is 4.74 Å². The van der Waals surface area contributed by atoms with Crippen LogP contribution in [0, 0.1) is 6.92 Å². The van der Waals surface area contributed by atoms with E-state index in [1.807, 2.05) is 0 Å². The Morgan fingerprint density at radius 2 is 2.24 bits per heavy atom. The first kappa shape index (κ1) is 11.3. The first-order valence-electron chi connectivity index (χ1n) is 5.30. The van der Waals surface area contributed by atoms with Crippen LogP contribution in [-0.2, 0) is 4.74 Å². The van der Waals surface area contributed by atoms with Gasteiger partial charge in [0.05, 0.1) is 23.1 Å². The predicted molar refractivity (Wildman–Crippen MR) is 63.1 cm³/mol. The molecule has 17 heavy (non-hydrogen) atoms. The molecule has 88 valence electrons. The molecule has 1 aromatic carbocycles. The molecular formula is C12H12N2O3. The molecule has 2 rings (SSSR count). The number of H-pyrrole nitrogens is 1. The van der Waals surface area contributed by atoms with Gasteiger partial charge >= 0.3 is 5.97 Å². The zero-order valence-corrected chi connectivity index (χ0v) is 9.61. The van der Waals surface area contributed by atoms with E-state index in [-0.39, 0.29) is 23.1 Å². The van der Waals surface area contributed by atoms with Crippen LogP contribution < -0.4 is 5.56 Å². The Labute approximate surface area is 97.4 Å². The second kappa shape index (κ2) is 4.37. The maximum absolute atomic E-state index is 11.8. The van der Waals surface area contributed by atoms with Gasteiger partial charge in [-0.2, -0.15) is 0 Å². The lowest BCUT2D eigenvalue weighted by molar-refractivity contribution is 0.0528. The number of hydrogen-bond acceptors (Lipinski definition) is 4. The van der Waals surface area contributed by atoms with Crippen molar-refractivity contribution >= 4 is 16.9 Å². The number of fused-ring (bicyclic) bond motifs is 1. The number of carbonyl (C=O) groups is 1. The molecule has 1 heterocycles. The molecule has 0 fully saturated rings. The maximum Gasteiger partial charge on any atom is 0.339 e. The molecule has 0 amide bonds. The van der Waals surface area contributed by atoms with E-state index >= 15 is 0 Å². The molecular weight excluding hydrogens is 220 g/mol. The Balaban J connectivity index is 2.73. The molecule has 5 heteroatoms. The summed E-state index contributed by atoms with van der Waals surface area (Å²) < 4.78 is 4.90. The molecule has 0 aliphatic carbocycles. The normalized spacial score (nSPS) is 10.5. The van der Waals surface area contributed by atoms with Crippen LogP contribution in [0.4, 0.5) is 0 Å². The van der Waals surface area contributed by atoms with Crippen molar-refractivity contribution in [3.63, 3.8) is 0 Å². The minimum absolute atomic E-state index is 0.248. The summed E-state index contributed by atoms with van der Waals surface area (Å²) in [6.45, 7) is 3.68. The minimum atomic E-state index is -0.505. The number of aromatic nitrogens is 2. The lowest BCUT2D eigenvalue weighted by Gasteiger charge is -2.05. The number of hydrogen-bond donors (Lipinski definition) is 1. The van der Waals surface area contributed by atoms with E-state index in [1.54, 1.807) is 32.0 Å². The quantitative estimate of drug-likeness (QED) is 0.794. The number of aryl methyl sites for hydroxylation is 1. The highest BCUT2D eigenvalue weighted by atomic mass is 16.5. The van der Waals surface area contributed by atoms with Crippen LogP contribution >= 0.6 is 0 Å². The van der Waals surface area contributed by atoms with Gasteiger partial charge in [-0.1, -0.05) is 6.07 Å². The van der Waals surface area contributed by atoms with E-state index in [1.165, 1.54) is 0 Å². The third kappa shape index (κ3) is 2.04. The van der Waals surface area contributed by atoms with Gasteiger partial charge in [-0.25, -0.2) is 9.78 Å². The number of nitrogens with one attached hydrogen (secondary N) is 1. The van der Waals surface area contributed by atoms with Gasteiger partial charge in [0.1, 0.15) is 5.82 Å². The highest BCUT2D eigenvalue weighted by Gasteiger charge is 2.14. The fourth-order valence-corrected chi connectivity index (χ4v) is 1.69. The summed E-state index contributed by atoms with van der Waals surface area (Å²) in [6.07, 6.45) is 0. The standard InChI is InChI=1S/C12H12N2O3/c1-3-17-12(16)8-5-4-6-9-10(8)11(15)14-7(2)13-9/h4-6H,3H2,1-2H3,(H,13,14,15). The molecule has 0 atom stereocenters. The Morgan fingerprint density at radius 3 is 2.94 bits per heavy atom.